The normalized spacial score (nSPS) is 12.9. The molecule has 0 aliphatic carbocycles. The highest BCUT2D eigenvalue weighted by Gasteiger charge is 2.42. The van der Waals surface area contributed by atoms with E-state index in [1.54, 1.807) is 0 Å². The van der Waals surface area contributed by atoms with Crippen molar-refractivity contribution in [2.75, 3.05) is 9.80 Å². The summed E-state index contributed by atoms with van der Waals surface area (Å²) < 4.78 is 15.0. The maximum absolute atomic E-state index is 15.9. The van der Waals surface area contributed by atoms with E-state index in [1.807, 2.05) is 140 Å². The second-order valence-corrected chi connectivity index (χ2v) is 21.7. The van der Waals surface area contributed by atoms with Gasteiger partial charge in [-0.1, -0.05) is 140 Å². The summed E-state index contributed by atoms with van der Waals surface area (Å²) in [6.45, 7) is 0. The Hall–Kier alpha value is -9.24. The fourth-order valence-electron chi connectivity index (χ4n) is 11.2. The lowest BCUT2D eigenvalue weighted by molar-refractivity contribution is 0.477. The first kappa shape index (κ1) is 39.9. The van der Waals surface area contributed by atoms with Crippen LogP contribution in [0.3, 0.4) is 0 Å². The summed E-state index contributed by atoms with van der Waals surface area (Å²) in [6, 6.07) is 80.1. The average molecular weight is 918 g/mol. The second-order valence-electron chi connectivity index (χ2n) is 17.9. The van der Waals surface area contributed by atoms with Crippen molar-refractivity contribution in [2.45, 2.75) is 0 Å². The van der Waals surface area contributed by atoms with Crippen molar-refractivity contribution in [3.05, 3.63) is 257 Å². The van der Waals surface area contributed by atoms with Crippen LogP contribution >= 0.6 is 0 Å². The molecule has 0 radical (unpaired) electrons. The van der Waals surface area contributed by atoms with E-state index in [9.17, 15) is 0 Å². The molecule has 70 heavy (non-hydrogen) atoms. The smallest absolute Gasteiger partial charge is 0.197 e. The van der Waals surface area contributed by atoms with Crippen LogP contribution in [0.4, 0.5) is 34.1 Å². The van der Waals surface area contributed by atoms with Crippen molar-refractivity contribution in [3.63, 3.8) is 0 Å². The average Bonchev–Trinajstić information content (AvgIpc) is 3.42. The zero-order valence-corrected chi connectivity index (χ0v) is 38.5. The molecule has 10 aromatic carbocycles. The minimum absolute atomic E-state index is 0.146. The zero-order chi connectivity index (χ0) is 46.5. The molecule has 12 aromatic rings. The van der Waals surface area contributed by atoms with Crippen LogP contribution in [0.2, 0.25) is 0 Å². The van der Waals surface area contributed by atoms with Gasteiger partial charge in [0, 0.05) is 32.9 Å². The third-order valence-corrected chi connectivity index (χ3v) is 18.9. The van der Waals surface area contributed by atoms with Crippen molar-refractivity contribution in [2.24, 2.45) is 0 Å². The number of para-hydroxylation sites is 8. The van der Waals surface area contributed by atoms with Crippen LogP contribution in [0, 0.1) is 0 Å². The van der Waals surface area contributed by atoms with Gasteiger partial charge in [0.15, 0.2) is 41.9 Å². The summed E-state index contributed by atoms with van der Waals surface area (Å²) in [5.41, 5.74) is 6.80. The number of nitrogens with zero attached hydrogens (tertiary/aromatic N) is 3. The summed E-state index contributed by atoms with van der Waals surface area (Å²) in [7, 11) is -3.25. The Labute approximate surface area is 402 Å². The standard InChI is InChI=1S/C62H39N3O4Si/c66-61-46-36-40(63-52-24-10-14-28-56(52)68-57-29-15-11-25-53(57)63)32-34-50(46)65-51-35-33-41(64-54-26-12-16-30-58(54)69-59-31-17-13-27-55(59)64)37-47(51)62(67)49-39-45(38-48(61)60(49)65)70(42-18-4-1-5-19-42,43-20-6-2-7-21-43)44-22-8-3-9-23-44/h1-39H. The minimum atomic E-state index is -3.25. The Morgan fingerprint density at radius 1 is 0.314 bits per heavy atom. The van der Waals surface area contributed by atoms with Gasteiger partial charge in [0.1, 0.15) is 0 Å². The molecule has 2 aliphatic heterocycles. The van der Waals surface area contributed by atoms with Crippen LogP contribution in [-0.4, -0.2) is 12.5 Å². The first-order valence-electron chi connectivity index (χ1n) is 23.4. The lowest BCUT2D eigenvalue weighted by Gasteiger charge is -2.35. The van der Waals surface area contributed by atoms with Crippen molar-refractivity contribution < 1.29 is 9.47 Å². The van der Waals surface area contributed by atoms with E-state index >= 15 is 9.59 Å². The summed E-state index contributed by atoms with van der Waals surface area (Å²) in [4.78, 5) is 36.1. The Morgan fingerprint density at radius 3 is 1.00 bits per heavy atom. The molecule has 0 spiro atoms. The maximum atomic E-state index is 15.9. The van der Waals surface area contributed by atoms with Gasteiger partial charge >= 0.3 is 0 Å². The number of pyridine rings is 2. The minimum Gasteiger partial charge on any atom is -0.453 e. The number of hydrogen-bond donors (Lipinski definition) is 0. The van der Waals surface area contributed by atoms with Gasteiger partial charge in [0.25, 0.3) is 0 Å². The van der Waals surface area contributed by atoms with E-state index < -0.39 is 8.07 Å². The Kier molecular flexibility index (Phi) is 8.77. The molecule has 14 rings (SSSR count). The monoisotopic (exact) mass is 917 g/mol. The molecule has 330 valence electrons. The molecule has 7 nitrogen and oxygen atoms in total. The van der Waals surface area contributed by atoms with E-state index in [1.165, 1.54) is 0 Å². The fraction of sp³-hybridized carbons (Fsp3) is 0. The molecule has 0 saturated heterocycles. The third kappa shape index (κ3) is 5.74. The van der Waals surface area contributed by atoms with Gasteiger partial charge in [-0.2, -0.15) is 0 Å². The molecular weight excluding hydrogens is 879 g/mol. The Morgan fingerprint density at radius 2 is 0.643 bits per heavy atom. The summed E-state index contributed by atoms with van der Waals surface area (Å²) in [5.74, 6) is 2.88. The van der Waals surface area contributed by atoms with Gasteiger partial charge in [-0.05, 0) is 118 Å². The van der Waals surface area contributed by atoms with E-state index in [4.69, 9.17) is 9.47 Å². The summed E-state index contributed by atoms with van der Waals surface area (Å²) in [5, 5.41) is 6.39. The van der Waals surface area contributed by atoms with Gasteiger partial charge in [0.05, 0.1) is 39.3 Å². The predicted molar refractivity (Wildman–Crippen MR) is 287 cm³/mol. The van der Waals surface area contributed by atoms with Crippen molar-refractivity contribution in [1.29, 1.82) is 0 Å². The molecular formula is C62H39N3O4Si. The number of aromatic nitrogens is 1. The molecule has 8 heteroatoms. The van der Waals surface area contributed by atoms with Crippen molar-refractivity contribution >= 4 is 101 Å². The quantitative estimate of drug-likeness (QED) is 0.0717. The van der Waals surface area contributed by atoms with E-state index in [-0.39, 0.29) is 10.9 Å². The molecule has 4 heterocycles. The Bertz CT molecular complexity index is 3810. The molecule has 0 amide bonds. The lowest BCUT2D eigenvalue weighted by Crippen LogP contribution is -2.74. The van der Waals surface area contributed by atoms with Crippen molar-refractivity contribution in [1.82, 2.24) is 4.40 Å². The first-order valence-corrected chi connectivity index (χ1v) is 25.4. The summed E-state index contributed by atoms with van der Waals surface area (Å²) in [6.07, 6.45) is 0. The van der Waals surface area contributed by atoms with Crippen LogP contribution < -0.4 is 50.9 Å². The molecule has 0 fully saturated rings. The highest BCUT2D eigenvalue weighted by Crippen LogP contribution is 2.52. The van der Waals surface area contributed by atoms with Gasteiger partial charge in [-0.25, -0.2) is 0 Å². The number of benzene rings is 10. The van der Waals surface area contributed by atoms with Gasteiger partial charge in [-0.3, -0.25) is 9.59 Å². The number of rotatable bonds is 6. The first-order chi connectivity index (χ1) is 34.6. The fourth-order valence-corrected chi connectivity index (χ4v) is 16.0. The highest BCUT2D eigenvalue weighted by atomic mass is 28.3. The van der Waals surface area contributed by atoms with Crippen LogP contribution in [0.5, 0.6) is 23.0 Å². The van der Waals surface area contributed by atoms with E-state index in [0.29, 0.717) is 38.1 Å². The number of anilines is 6. The Balaban J connectivity index is 1.12. The van der Waals surface area contributed by atoms with Crippen LogP contribution in [0.15, 0.2) is 246 Å². The molecule has 0 bridgehead atoms. The second kappa shape index (κ2) is 15.4. The highest BCUT2D eigenvalue weighted by molar-refractivity contribution is 7.20. The maximum Gasteiger partial charge on any atom is 0.197 e. The predicted octanol–water partition coefficient (Wildman–Crippen LogP) is 12.1. The lowest BCUT2D eigenvalue weighted by atomic mass is 10.0. The van der Waals surface area contributed by atoms with Gasteiger partial charge in [-0.15, -0.1) is 0 Å². The zero-order valence-electron chi connectivity index (χ0n) is 37.5. The largest absolute Gasteiger partial charge is 0.453 e. The molecule has 0 N–H and O–H groups in total. The number of hydrogen-bond acceptors (Lipinski definition) is 6. The SMILES string of the molecule is O=c1c2cc(N3c4ccccc4Oc4ccccc43)ccc2n2c3ccc(N4c5ccccc5Oc5ccccc54)cc3c(=O)c3cc([Si](c4ccccc4)(c4ccccc4)c4ccccc4)cc1c32. The molecule has 0 saturated carbocycles. The molecule has 2 aromatic heterocycles. The topological polar surface area (TPSA) is 63.5 Å². The van der Waals surface area contributed by atoms with Gasteiger partial charge < -0.3 is 23.7 Å². The van der Waals surface area contributed by atoms with Gasteiger partial charge in [0.2, 0.25) is 0 Å². The number of ether oxygens (including phenoxy) is 2. The number of fused-ring (bicyclic) bond motifs is 8. The van der Waals surface area contributed by atoms with E-state index in [0.717, 1.165) is 77.9 Å². The molecule has 2 aliphatic rings. The molecule has 0 atom stereocenters. The van der Waals surface area contributed by atoms with Crippen LogP contribution in [0.1, 0.15) is 0 Å². The third-order valence-electron chi connectivity index (χ3n) is 14.2. The van der Waals surface area contributed by atoms with Crippen LogP contribution in [-0.2, 0) is 0 Å². The molecule has 0 unspecified atom stereocenters. The van der Waals surface area contributed by atoms with Crippen LogP contribution in [0.25, 0.3) is 38.1 Å². The van der Waals surface area contributed by atoms with E-state index in [2.05, 4.69) is 111 Å². The summed E-state index contributed by atoms with van der Waals surface area (Å²) >= 11 is 0. The van der Waals surface area contributed by atoms with Crippen molar-refractivity contribution in [3.8, 4) is 23.0 Å².